The number of nitrogens with zero attached hydrogens (tertiary/aromatic N) is 1. The first-order valence-corrected chi connectivity index (χ1v) is 7.29. The Labute approximate surface area is 128 Å². The third-order valence-electron chi connectivity index (χ3n) is 2.93. The lowest BCUT2D eigenvalue weighted by Gasteiger charge is -2.12. The molecule has 4 heteroatoms. The largest absolute Gasteiger partial charge is 0.507 e. The molecule has 0 aliphatic carbocycles. The molecule has 106 valence electrons. The minimum atomic E-state index is 0.265. The maximum Gasteiger partial charge on any atom is 0.129 e. The number of nitrogens with one attached hydrogen (secondary N) is 1. The third-order valence-corrected chi connectivity index (χ3v) is 3.57. The lowest BCUT2D eigenvalue weighted by Crippen LogP contribution is -2.10. The predicted octanol–water partition coefficient (Wildman–Crippen LogP) is 3.83. The quantitative estimate of drug-likeness (QED) is 0.872. The van der Waals surface area contributed by atoms with E-state index in [-0.39, 0.29) is 5.75 Å². The fourth-order valence-corrected chi connectivity index (χ4v) is 2.44. The van der Waals surface area contributed by atoms with Crippen molar-refractivity contribution in [3.8, 4) is 5.75 Å². The second-order valence-electron chi connectivity index (χ2n) is 5.08. The number of halogens is 1. The number of phenolic OH excluding ortho intramolecular Hbond substituents is 1. The first kappa shape index (κ1) is 14.9. The number of aromatic hydroxyl groups is 1. The molecule has 0 saturated carbocycles. The van der Waals surface area contributed by atoms with Crippen LogP contribution in [0, 0.1) is 0 Å². The highest BCUT2D eigenvalue weighted by Crippen LogP contribution is 2.24. The molecule has 0 atom stereocenters. The van der Waals surface area contributed by atoms with E-state index in [2.05, 4.69) is 64.5 Å². The van der Waals surface area contributed by atoms with E-state index < -0.39 is 0 Å². The van der Waals surface area contributed by atoms with Gasteiger partial charge in [-0.05, 0) is 65.4 Å². The van der Waals surface area contributed by atoms with E-state index in [0.29, 0.717) is 0 Å². The third kappa shape index (κ3) is 4.25. The van der Waals surface area contributed by atoms with Crippen LogP contribution in [-0.2, 0) is 13.1 Å². The zero-order valence-corrected chi connectivity index (χ0v) is 13.3. The Bertz CT molecular complexity index is 584. The first-order chi connectivity index (χ1) is 9.54. The summed E-state index contributed by atoms with van der Waals surface area (Å²) in [6, 6.07) is 14.0. The highest BCUT2D eigenvalue weighted by atomic mass is 79.9. The molecule has 2 N–H and O–H groups in total. The van der Waals surface area contributed by atoms with Gasteiger partial charge in [-0.2, -0.15) is 0 Å². The van der Waals surface area contributed by atoms with Crippen molar-refractivity contribution < 1.29 is 5.11 Å². The van der Waals surface area contributed by atoms with Crippen molar-refractivity contribution in [3.63, 3.8) is 0 Å². The van der Waals surface area contributed by atoms with Crippen molar-refractivity contribution in [2.75, 3.05) is 19.4 Å². The van der Waals surface area contributed by atoms with Crippen LogP contribution in [0.3, 0.4) is 0 Å². The Kier molecular flexibility index (Phi) is 5.04. The molecule has 0 fully saturated rings. The molecule has 2 aromatic rings. The number of anilines is 1. The molecule has 3 nitrogen and oxygen atoms in total. The molecule has 0 aromatic heterocycles. The number of benzene rings is 2. The van der Waals surface area contributed by atoms with Crippen molar-refractivity contribution in [2.24, 2.45) is 0 Å². The summed E-state index contributed by atoms with van der Waals surface area (Å²) in [4.78, 5) is 2.15. The summed E-state index contributed by atoms with van der Waals surface area (Å²) in [5.41, 5.74) is 3.51. The standard InChI is InChI=1S/C16H19BrN2O/c1-19(2)11-13-4-3-5-14(8-13)18-10-12-6-7-16(20)15(17)9-12/h3-9,18,20H,10-11H2,1-2H3. The fraction of sp³-hybridized carbons (Fsp3) is 0.250. The van der Waals surface area contributed by atoms with E-state index in [4.69, 9.17) is 0 Å². The molecule has 0 aliphatic heterocycles. The summed E-state index contributed by atoms with van der Waals surface area (Å²) in [5, 5.41) is 12.9. The van der Waals surface area contributed by atoms with Crippen LogP contribution in [0.2, 0.25) is 0 Å². The van der Waals surface area contributed by atoms with Gasteiger partial charge < -0.3 is 15.3 Å². The van der Waals surface area contributed by atoms with E-state index in [1.54, 1.807) is 6.07 Å². The van der Waals surface area contributed by atoms with Gasteiger partial charge in [0.2, 0.25) is 0 Å². The zero-order valence-electron chi connectivity index (χ0n) is 11.7. The highest BCUT2D eigenvalue weighted by Gasteiger charge is 2.01. The minimum absolute atomic E-state index is 0.265. The summed E-state index contributed by atoms with van der Waals surface area (Å²) in [6.45, 7) is 1.66. The Morgan fingerprint density at radius 3 is 2.60 bits per heavy atom. The molecule has 2 rings (SSSR count). The van der Waals surface area contributed by atoms with Gasteiger partial charge in [0.25, 0.3) is 0 Å². The van der Waals surface area contributed by atoms with Crippen LogP contribution in [-0.4, -0.2) is 24.1 Å². The summed E-state index contributed by atoms with van der Waals surface area (Å²) in [6.07, 6.45) is 0. The molecule has 0 spiro atoms. The number of hydrogen-bond donors (Lipinski definition) is 2. The van der Waals surface area contributed by atoms with Gasteiger partial charge in [0.1, 0.15) is 5.75 Å². The van der Waals surface area contributed by atoms with Gasteiger partial charge in [-0.25, -0.2) is 0 Å². The van der Waals surface area contributed by atoms with Gasteiger partial charge in [0.15, 0.2) is 0 Å². The molecule has 2 aromatic carbocycles. The van der Waals surface area contributed by atoms with Crippen LogP contribution < -0.4 is 5.32 Å². The highest BCUT2D eigenvalue weighted by molar-refractivity contribution is 9.10. The Balaban J connectivity index is 2.01. The van der Waals surface area contributed by atoms with E-state index in [0.717, 1.165) is 28.8 Å². The van der Waals surface area contributed by atoms with Crippen molar-refractivity contribution in [3.05, 3.63) is 58.1 Å². The number of phenols is 1. The van der Waals surface area contributed by atoms with Crippen LogP contribution >= 0.6 is 15.9 Å². The van der Waals surface area contributed by atoms with Gasteiger partial charge >= 0.3 is 0 Å². The van der Waals surface area contributed by atoms with Crippen LogP contribution in [0.5, 0.6) is 5.75 Å². The van der Waals surface area contributed by atoms with Gasteiger partial charge in [-0.15, -0.1) is 0 Å². The predicted molar refractivity (Wildman–Crippen MR) is 87.0 cm³/mol. The smallest absolute Gasteiger partial charge is 0.129 e. The average molecular weight is 335 g/mol. The minimum Gasteiger partial charge on any atom is -0.507 e. The summed E-state index contributed by atoms with van der Waals surface area (Å²) in [7, 11) is 4.13. The average Bonchev–Trinajstić information content (AvgIpc) is 2.40. The Hall–Kier alpha value is -1.52. The molecule has 0 heterocycles. The lowest BCUT2D eigenvalue weighted by molar-refractivity contribution is 0.402. The topological polar surface area (TPSA) is 35.5 Å². The van der Waals surface area contributed by atoms with E-state index >= 15 is 0 Å². The van der Waals surface area contributed by atoms with Crippen molar-refractivity contribution >= 4 is 21.6 Å². The Morgan fingerprint density at radius 2 is 1.90 bits per heavy atom. The van der Waals surface area contributed by atoms with Gasteiger partial charge in [0.05, 0.1) is 4.47 Å². The number of rotatable bonds is 5. The molecule has 0 unspecified atom stereocenters. The molecule has 0 bridgehead atoms. The van der Waals surface area contributed by atoms with Gasteiger partial charge in [-0.3, -0.25) is 0 Å². The Morgan fingerprint density at radius 1 is 1.10 bits per heavy atom. The van der Waals surface area contributed by atoms with Crippen molar-refractivity contribution in [1.82, 2.24) is 4.90 Å². The second-order valence-corrected chi connectivity index (χ2v) is 5.93. The SMILES string of the molecule is CN(C)Cc1cccc(NCc2ccc(O)c(Br)c2)c1. The maximum absolute atomic E-state index is 9.48. The van der Waals surface area contributed by atoms with Gasteiger partial charge in [-0.1, -0.05) is 18.2 Å². The summed E-state index contributed by atoms with van der Waals surface area (Å²) in [5.74, 6) is 0.265. The van der Waals surface area contributed by atoms with E-state index in [1.807, 2.05) is 12.1 Å². The van der Waals surface area contributed by atoms with Gasteiger partial charge in [0, 0.05) is 18.8 Å². The first-order valence-electron chi connectivity index (χ1n) is 6.49. The molecular formula is C16H19BrN2O. The molecule has 20 heavy (non-hydrogen) atoms. The maximum atomic E-state index is 9.48. The van der Waals surface area contributed by atoms with Crippen LogP contribution in [0.25, 0.3) is 0 Å². The normalized spacial score (nSPS) is 10.8. The molecule has 0 radical (unpaired) electrons. The second kappa shape index (κ2) is 6.77. The molecule has 0 saturated heterocycles. The zero-order chi connectivity index (χ0) is 14.5. The van der Waals surface area contributed by atoms with Crippen LogP contribution in [0.1, 0.15) is 11.1 Å². The van der Waals surface area contributed by atoms with Crippen molar-refractivity contribution in [2.45, 2.75) is 13.1 Å². The summed E-state index contributed by atoms with van der Waals surface area (Å²) < 4.78 is 0.721. The van der Waals surface area contributed by atoms with E-state index in [9.17, 15) is 5.11 Å². The van der Waals surface area contributed by atoms with Crippen molar-refractivity contribution in [1.29, 1.82) is 0 Å². The van der Waals surface area contributed by atoms with Crippen LogP contribution in [0.4, 0.5) is 5.69 Å². The molecule has 0 amide bonds. The lowest BCUT2D eigenvalue weighted by atomic mass is 10.1. The monoisotopic (exact) mass is 334 g/mol. The summed E-state index contributed by atoms with van der Waals surface area (Å²) >= 11 is 3.33. The van der Waals surface area contributed by atoms with Crippen LogP contribution in [0.15, 0.2) is 46.9 Å². The number of hydrogen-bond acceptors (Lipinski definition) is 3. The molecule has 0 aliphatic rings. The molecular weight excluding hydrogens is 316 g/mol. The van der Waals surface area contributed by atoms with E-state index in [1.165, 1.54) is 5.56 Å². The fourth-order valence-electron chi connectivity index (χ4n) is 2.01.